The van der Waals surface area contributed by atoms with E-state index in [0.717, 1.165) is 22.4 Å². The van der Waals surface area contributed by atoms with Crippen LogP contribution in [0, 0.1) is 13.8 Å². The van der Waals surface area contributed by atoms with E-state index in [2.05, 4.69) is 15.0 Å². The Morgan fingerprint density at radius 2 is 1.85 bits per heavy atom. The third-order valence-electron chi connectivity index (χ3n) is 2.84. The molecular formula is C14H16ClN3O2. The minimum Gasteiger partial charge on any atom is -0.496 e. The number of hydrogen-bond donors (Lipinski definition) is 0. The first kappa shape index (κ1) is 14.5. The Morgan fingerprint density at radius 1 is 1.10 bits per heavy atom. The Balaban J connectivity index is 2.53. The van der Waals surface area contributed by atoms with E-state index >= 15 is 0 Å². The van der Waals surface area contributed by atoms with Crippen LogP contribution in [0.3, 0.4) is 0 Å². The summed E-state index contributed by atoms with van der Waals surface area (Å²) in [6, 6.07) is 4.15. The molecule has 2 aromatic rings. The SMILES string of the molecule is CCOc1nc(Cl)nc(-c2cc(C)c(OC)cc2C)n1. The van der Waals surface area contributed by atoms with Crippen LogP contribution >= 0.6 is 11.6 Å². The molecule has 0 spiro atoms. The van der Waals surface area contributed by atoms with Gasteiger partial charge in [0.15, 0.2) is 5.82 Å². The topological polar surface area (TPSA) is 57.1 Å². The third-order valence-corrected chi connectivity index (χ3v) is 3.01. The molecule has 0 radical (unpaired) electrons. The summed E-state index contributed by atoms with van der Waals surface area (Å²) in [7, 11) is 1.65. The molecule has 1 aromatic heterocycles. The first-order chi connectivity index (χ1) is 9.55. The number of benzene rings is 1. The van der Waals surface area contributed by atoms with E-state index in [0.29, 0.717) is 12.4 Å². The zero-order valence-electron chi connectivity index (χ0n) is 11.9. The van der Waals surface area contributed by atoms with Gasteiger partial charge in [-0.3, -0.25) is 0 Å². The molecule has 1 aromatic carbocycles. The van der Waals surface area contributed by atoms with Crippen molar-refractivity contribution in [1.82, 2.24) is 15.0 Å². The standard InChI is InChI=1S/C14H16ClN3O2/c1-5-20-14-17-12(16-13(15)18-14)10-6-9(3)11(19-4)7-8(10)2/h6-7H,5H2,1-4H3. The van der Waals surface area contributed by atoms with E-state index in [4.69, 9.17) is 21.1 Å². The number of nitrogens with zero attached hydrogens (tertiary/aromatic N) is 3. The van der Waals surface area contributed by atoms with E-state index in [1.165, 1.54) is 0 Å². The lowest BCUT2D eigenvalue weighted by atomic mass is 10.0. The molecule has 0 atom stereocenters. The summed E-state index contributed by atoms with van der Waals surface area (Å²) in [5, 5.41) is 0.117. The lowest BCUT2D eigenvalue weighted by Gasteiger charge is -2.11. The molecule has 0 bridgehead atoms. The van der Waals surface area contributed by atoms with Crippen LogP contribution in [-0.2, 0) is 0 Å². The van der Waals surface area contributed by atoms with Crippen molar-refractivity contribution in [3.05, 3.63) is 28.5 Å². The maximum atomic E-state index is 5.92. The highest BCUT2D eigenvalue weighted by molar-refractivity contribution is 6.28. The number of hydrogen-bond acceptors (Lipinski definition) is 5. The average Bonchev–Trinajstić information content (AvgIpc) is 2.40. The molecule has 0 N–H and O–H groups in total. The number of aromatic nitrogens is 3. The normalized spacial score (nSPS) is 10.4. The number of halogens is 1. The second-order valence-electron chi connectivity index (χ2n) is 4.28. The van der Waals surface area contributed by atoms with E-state index < -0.39 is 0 Å². The molecule has 0 aliphatic heterocycles. The Kier molecular flexibility index (Phi) is 4.39. The predicted molar refractivity (Wildman–Crippen MR) is 77.5 cm³/mol. The van der Waals surface area contributed by atoms with Gasteiger partial charge in [0.25, 0.3) is 0 Å². The fourth-order valence-corrected chi connectivity index (χ4v) is 2.05. The first-order valence-corrected chi connectivity index (χ1v) is 6.63. The smallest absolute Gasteiger partial charge is 0.321 e. The highest BCUT2D eigenvalue weighted by Crippen LogP contribution is 2.29. The van der Waals surface area contributed by atoms with E-state index in [9.17, 15) is 0 Å². The largest absolute Gasteiger partial charge is 0.496 e. The molecule has 5 nitrogen and oxygen atoms in total. The molecule has 0 fully saturated rings. The zero-order chi connectivity index (χ0) is 14.7. The summed E-state index contributed by atoms with van der Waals surface area (Å²) in [6.45, 7) is 6.27. The minimum absolute atomic E-state index is 0.117. The number of methoxy groups -OCH3 is 1. The van der Waals surface area contributed by atoms with Crippen LogP contribution in [0.1, 0.15) is 18.1 Å². The predicted octanol–water partition coefficient (Wildman–Crippen LogP) is 3.22. The van der Waals surface area contributed by atoms with Gasteiger partial charge in [-0.25, -0.2) is 0 Å². The summed E-state index contributed by atoms with van der Waals surface area (Å²) in [6.07, 6.45) is 0. The van der Waals surface area contributed by atoms with E-state index in [-0.39, 0.29) is 11.3 Å². The molecular weight excluding hydrogens is 278 g/mol. The van der Waals surface area contributed by atoms with Crippen molar-refractivity contribution in [1.29, 1.82) is 0 Å². The van der Waals surface area contributed by atoms with Crippen LogP contribution in [0.5, 0.6) is 11.8 Å². The molecule has 0 amide bonds. The molecule has 6 heteroatoms. The highest BCUT2D eigenvalue weighted by atomic mass is 35.5. The fraction of sp³-hybridized carbons (Fsp3) is 0.357. The first-order valence-electron chi connectivity index (χ1n) is 6.25. The molecule has 0 aliphatic rings. The molecule has 0 unspecified atom stereocenters. The molecule has 0 saturated heterocycles. The van der Waals surface area contributed by atoms with Crippen molar-refractivity contribution < 1.29 is 9.47 Å². The summed E-state index contributed by atoms with van der Waals surface area (Å²) in [5.74, 6) is 1.33. The molecule has 20 heavy (non-hydrogen) atoms. The average molecular weight is 294 g/mol. The van der Waals surface area contributed by atoms with Crippen molar-refractivity contribution in [2.45, 2.75) is 20.8 Å². The molecule has 106 valence electrons. The summed E-state index contributed by atoms with van der Waals surface area (Å²) in [5.41, 5.74) is 2.88. The van der Waals surface area contributed by atoms with Crippen molar-refractivity contribution in [2.75, 3.05) is 13.7 Å². The highest BCUT2D eigenvalue weighted by Gasteiger charge is 2.12. The van der Waals surface area contributed by atoms with Gasteiger partial charge >= 0.3 is 6.01 Å². The van der Waals surface area contributed by atoms with Gasteiger partial charge in [-0.15, -0.1) is 0 Å². The summed E-state index contributed by atoms with van der Waals surface area (Å²) in [4.78, 5) is 12.4. The molecule has 0 aliphatic carbocycles. The quantitative estimate of drug-likeness (QED) is 0.866. The van der Waals surface area contributed by atoms with Crippen LogP contribution in [0.4, 0.5) is 0 Å². The Hall–Kier alpha value is -1.88. The van der Waals surface area contributed by atoms with Gasteiger partial charge in [-0.1, -0.05) is 0 Å². The van der Waals surface area contributed by atoms with Crippen LogP contribution < -0.4 is 9.47 Å². The minimum atomic E-state index is 0.117. The van der Waals surface area contributed by atoms with Crippen molar-refractivity contribution in [3.63, 3.8) is 0 Å². The fourth-order valence-electron chi connectivity index (χ4n) is 1.90. The number of aryl methyl sites for hydroxylation is 2. The monoisotopic (exact) mass is 293 g/mol. The third kappa shape index (κ3) is 2.99. The molecule has 2 rings (SSSR count). The summed E-state index contributed by atoms with van der Waals surface area (Å²) >= 11 is 5.92. The second kappa shape index (κ2) is 6.05. The molecule has 1 heterocycles. The zero-order valence-corrected chi connectivity index (χ0v) is 12.7. The van der Waals surface area contributed by atoms with Gasteiger partial charge in [-0.05, 0) is 55.6 Å². The van der Waals surface area contributed by atoms with Crippen LogP contribution in [0.2, 0.25) is 5.28 Å². The van der Waals surface area contributed by atoms with Crippen molar-refractivity contribution in [2.24, 2.45) is 0 Å². The second-order valence-corrected chi connectivity index (χ2v) is 4.62. The van der Waals surface area contributed by atoms with Crippen LogP contribution in [-0.4, -0.2) is 28.7 Å². The van der Waals surface area contributed by atoms with E-state index in [1.807, 2.05) is 32.9 Å². The van der Waals surface area contributed by atoms with Crippen LogP contribution in [0.15, 0.2) is 12.1 Å². The maximum absolute atomic E-state index is 5.92. The van der Waals surface area contributed by atoms with Gasteiger partial charge in [0.1, 0.15) is 5.75 Å². The lowest BCUT2D eigenvalue weighted by molar-refractivity contribution is 0.312. The Morgan fingerprint density at radius 3 is 2.50 bits per heavy atom. The maximum Gasteiger partial charge on any atom is 0.321 e. The van der Waals surface area contributed by atoms with Gasteiger partial charge < -0.3 is 9.47 Å². The van der Waals surface area contributed by atoms with Gasteiger partial charge in [0.2, 0.25) is 5.28 Å². The van der Waals surface area contributed by atoms with Crippen molar-refractivity contribution in [3.8, 4) is 23.1 Å². The van der Waals surface area contributed by atoms with Crippen LogP contribution in [0.25, 0.3) is 11.4 Å². The Bertz CT molecular complexity index is 632. The lowest BCUT2D eigenvalue weighted by Crippen LogP contribution is -2.02. The van der Waals surface area contributed by atoms with Crippen molar-refractivity contribution >= 4 is 11.6 Å². The van der Waals surface area contributed by atoms with E-state index in [1.54, 1.807) is 7.11 Å². The summed E-state index contributed by atoms with van der Waals surface area (Å²) < 4.78 is 10.6. The number of rotatable bonds is 4. The van der Waals surface area contributed by atoms with Gasteiger partial charge in [0.05, 0.1) is 13.7 Å². The van der Waals surface area contributed by atoms with Gasteiger partial charge in [-0.2, -0.15) is 15.0 Å². The van der Waals surface area contributed by atoms with Gasteiger partial charge in [0, 0.05) is 5.56 Å². The Labute approximate surface area is 123 Å². The molecule has 0 saturated carbocycles. The number of ether oxygens (including phenoxy) is 2.